The van der Waals surface area contributed by atoms with Crippen LogP contribution >= 0.6 is 11.3 Å². The Bertz CT molecular complexity index is 717. The predicted molar refractivity (Wildman–Crippen MR) is 101 cm³/mol. The van der Waals surface area contributed by atoms with E-state index in [4.69, 9.17) is 4.74 Å². The van der Waals surface area contributed by atoms with E-state index >= 15 is 0 Å². The number of halogens is 1. The van der Waals surface area contributed by atoms with Crippen LogP contribution in [-0.4, -0.2) is 30.1 Å². The van der Waals surface area contributed by atoms with E-state index in [-0.39, 0.29) is 11.9 Å². The first-order valence-corrected chi connectivity index (χ1v) is 9.17. The summed E-state index contributed by atoms with van der Waals surface area (Å²) >= 11 is 1.67. The van der Waals surface area contributed by atoms with Crippen LogP contribution in [0, 0.1) is 19.7 Å². The molecule has 0 fully saturated rings. The lowest BCUT2D eigenvalue weighted by Gasteiger charge is -2.17. The van der Waals surface area contributed by atoms with Crippen molar-refractivity contribution in [3.8, 4) is 5.75 Å². The van der Waals surface area contributed by atoms with E-state index in [1.54, 1.807) is 23.5 Å². The normalized spacial score (nSPS) is 12.8. The maximum Gasteiger partial charge on any atom is 0.191 e. The highest BCUT2D eigenvalue weighted by Crippen LogP contribution is 2.17. The van der Waals surface area contributed by atoms with Gasteiger partial charge in [0.05, 0.1) is 23.8 Å². The molecule has 0 saturated carbocycles. The number of nitrogens with one attached hydrogen (secondary N) is 2. The molecule has 2 rings (SSSR count). The molecule has 2 N–H and O–H groups in total. The number of guanidine groups is 1. The van der Waals surface area contributed by atoms with Crippen molar-refractivity contribution in [1.82, 2.24) is 15.6 Å². The summed E-state index contributed by atoms with van der Waals surface area (Å²) in [6.07, 6.45) is -0.127. The largest absolute Gasteiger partial charge is 0.489 e. The molecule has 1 atom stereocenters. The highest BCUT2D eigenvalue weighted by molar-refractivity contribution is 7.11. The Morgan fingerprint density at radius 1 is 1.36 bits per heavy atom. The molecule has 7 heteroatoms. The lowest BCUT2D eigenvalue weighted by molar-refractivity contribution is 0.223. The zero-order valence-corrected chi connectivity index (χ0v) is 15.9. The lowest BCUT2D eigenvalue weighted by Crippen LogP contribution is -2.41. The van der Waals surface area contributed by atoms with E-state index < -0.39 is 0 Å². The van der Waals surface area contributed by atoms with E-state index in [1.807, 2.05) is 27.7 Å². The molecule has 0 spiro atoms. The van der Waals surface area contributed by atoms with Crippen LogP contribution in [0.5, 0.6) is 5.75 Å². The van der Waals surface area contributed by atoms with E-state index in [1.165, 1.54) is 17.0 Å². The molecule has 1 unspecified atom stereocenters. The summed E-state index contributed by atoms with van der Waals surface area (Å²) in [5, 5.41) is 7.52. The molecule has 0 aliphatic carbocycles. The van der Waals surface area contributed by atoms with Gasteiger partial charge < -0.3 is 15.4 Å². The molecule has 0 aliphatic heterocycles. The summed E-state index contributed by atoms with van der Waals surface area (Å²) in [6.45, 7) is 9.87. The first kappa shape index (κ1) is 19.2. The van der Waals surface area contributed by atoms with E-state index in [0.717, 1.165) is 23.2 Å². The number of hydrogen-bond donors (Lipinski definition) is 2. The minimum Gasteiger partial charge on any atom is -0.489 e. The average Bonchev–Trinajstić information content (AvgIpc) is 2.88. The van der Waals surface area contributed by atoms with Crippen molar-refractivity contribution < 1.29 is 9.13 Å². The second kappa shape index (κ2) is 9.36. The Balaban J connectivity index is 1.89. The maximum absolute atomic E-state index is 13.2. The van der Waals surface area contributed by atoms with Gasteiger partial charge in [-0.2, -0.15) is 0 Å². The Morgan fingerprint density at radius 3 is 2.80 bits per heavy atom. The summed E-state index contributed by atoms with van der Waals surface area (Å²) in [4.78, 5) is 10.2. The molecule has 5 nitrogen and oxygen atoms in total. The highest BCUT2D eigenvalue weighted by atomic mass is 32.1. The molecule has 0 saturated heterocycles. The van der Waals surface area contributed by atoms with Gasteiger partial charge in [0.15, 0.2) is 5.96 Å². The molecule has 25 heavy (non-hydrogen) atoms. The van der Waals surface area contributed by atoms with Gasteiger partial charge >= 0.3 is 0 Å². The maximum atomic E-state index is 13.2. The number of aromatic nitrogens is 1. The molecule has 0 aliphatic rings. The van der Waals surface area contributed by atoms with Gasteiger partial charge in [-0.05, 0) is 39.8 Å². The second-order valence-electron chi connectivity index (χ2n) is 5.70. The summed E-state index contributed by atoms with van der Waals surface area (Å²) in [7, 11) is 0. The summed E-state index contributed by atoms with van der Waals surface area (Å²) in [5.41, 5.74) is 1.03. The van der Waals surface area contributed by atoms with Crippen LogP contribution in [-0.2, 0) is 6.54 Å². The number of hydrogen-bond acceptors (Lipinski definition) is 4. The van der Waals surface area contributed by atoms with Crippen molar-refractivity contribution in [2.45, 2.75) is 40.3 Å². The van der Waals surface area contributed by atoms with Crippen LogP contribution in [0.3, 0.4) is 0 Å². The number of aliphatic imine (C=N–C) groups is 1. The van der Waals surface area contributed by atoms with Gasteiger partial charge in [-0.3, -0.25) is 0 Å². The fourth-order valence-electron chi connectivity index (χ4n) is 2.27. The zero-order chi connectivity index (χ0) is 18.2. The zero-order valence-electron chi connectivity index (χ0n) is 15.1. The number of ether oxygens (including phenoxy) is 1. The quantitative estimate of drug-likeness (QED) is 0.584. The van der Waals surface area contributed by atoms with Gasteiger partial charge in [-0.25, -0.2) is 14.4 Å². The number of rotatable bonds is 7. The minimum atomic E-state index is -0.303. The van der Waals surface area contributed by atoms with Gasteiger partial charge in [0.1, 0.15) is 17.7 Å². The summed E-state index contributed by atoms with van der Waals surface area (Å²) < 4.78 is 18.9. The molecule has 1 aromatic heterocycles. The van der Waals surface area contributed by atoms with Gasteiger partial charge in [-0.1, -0.05) is 6.07 Å². The van der Waals surface area contributed by atoms with Crippen LogP contribution in [0.15, 0.2) is 29.3 Å². The molecule has 0 bridgehead atoms. The minimum absolute atomic E-state index is 0.127. The molecular weight excluding hydrogens is 339 g/mol. The van der Waals surface area contributed by atoms with Crippen LogP contribution < -0.4 is 15.4 Å². The number of benzene rings is 1. The third-order valence-corrected chi connectivity index (χ3v) is 4.47. The molecule has 0 radical (unpaired) electrons. The van der Waals surface area contributed by atoms with E-state index in [9.17, 15) is 4.39 Å². The topological polar surface area (TPSA) is 58.5 Å². The molecule has 1 heterocycles. The Labute approximate surface area is 152 Å². The highest BCUT2D eigenvalue weighted by Gasteiger charge is 2.08. The molecular formula is C18H25FN4OS. The SMILES string of the molecule is CCNC(=NCc1sc(C)nc1C)NCC(C)Oc1cccc(F)c1. The standard InChI is InChI=1S/C18H25FN4OS/c1-5-20-18(22-11-17-13(3)23-14(4)25-17)21-10-12(2)24-16-8-6-7-15(19)9-16/h6-9,12H,5,10-11H2,1-4H3,(H2,20,21,22). The van der Waals surface area contributed by atoms with Crippen molar-refractivity contribution >= 4 is 17.3 Å². The van der Waals surface area contributed by atoms with Crippen LogP contribution in [0.1, 0.15) is 29.4 Å². The van der Waals surface area contributed by atoms with Crippen LogP contribution in [0.25, 0.3) is 0 Å². The third-order valence-electron chi connectivity index (χ3n) is 3.41. The third kappa shape index (κ3) is 6.34. The molecule has 136 valence electrons. The van der Waals surface area contributed by atoms with Gasteiger partial charge in [0.2, 0.25) is 0 Å². The first-order valence-electron chi connectivity index (χ1n) is 8.35. The van der Waals surface area contributed by atoms with Crippen molar-refractivity contribution in [2.24, 2.45) is 4.99 Å². The molecule has 1 aromatic carbocycles. The van der Waals surface area contributed by atoms with Crippen molar-refractivity contribution in [3.63, 3.8) is 0 Å². The van der Waals surface area contributed by atoms with Crippen molar-refractivity contribution in [2.75, 3.05) is 13.1 Å². The summed E-state index contributed by atoms with van der Waals surface area (Å²) in [6, 6.07) is 6.16. The monoisotopic (exact) mass is 364 g/mol. The van der Waals surface area contributed by atoms with E-state index in [0.29, 0.717) is 18.8 Å². The van der Waals surface area contributed by atoms with Gasteiger partial charge in [0.25, 0.3) is 0 Å². The molecule has 0 amide bonds. The molecule has 2 aromatic rings. The number of nitrogens with zero attached hydrogens (tertiary/aromatic N) is 2. The lowest BCUT2D eigenvalue weighted by atomic mass is 10.3. The van der Waals surface area contributed by atoms with Crippen molar-refractivity contribution in [3.05, 3.63) is 45.7 Å². The Morgan fingerprint density at radius 2 is 2.16 bits per heavy atom. The van der Waals surface area contributed by atoms with Crippen LogP contribution in [0.4, 0.5) is 4.39 Å². The smallest absolute Gasteiger partial charge is 0.191 e. The Hall–Kier alpha value is -2.15. The number of thiazole rings is 1. The van der Waals surface area contributed by atoms with E-state index in [2.05, 4.69) is 20.6 Å². The van der Waals surface area contributed by atoms with Crippen molar-refractivity contribution in [1.29, 1.82) is 0 Å². The fraction of sp³-hybridized carbons (Fsp3) is 0.444. The average molecular weight is 364 g/mol. The summed E-state index contributed by atoms with van der Waals surface area (Å²) in [5.74, 6) is 0.942. The predicted octanol–water partition coefficient (Wildman–Crippen LogP) is 3.42. The first-order chi connectivity index (χ1) is 12.0. The Kier molecular flexibility index (Phi) is 7.18. The van der Waals surface area contributed by atoms with Crippen LogP contribution in [0.2, 0.25) is 0 Å². The fourth-order valence-corrected chi connectivity index (χ4v) is 3.13. The second-order valence-corrected chi connectivity index (χ2v) is 6.99. The number of aryl methyl sites for hydroxylation is 2. The van der Waals surface area contributed by atoms with Gasteiger partial charge in [0, 0.05) is 17.5 Å². The van der Waals surface area contributed by atoms with Gasteiger partial charge in [-0.15, -0.1) is 11.3 Å².